The van der Waals surface area contributed by atoms with E-state index in [0.29, 0.717) is 44.7 Å². The van der Waals surface area contributed by atoms with E-state index in [2.05, 4.69) is 33.7 Å². The summed E-state index contributed by atoms with van der Waals surface area (Å²) in [6.07, 6.45) is 8.87. The van der Waals surface area contributed by atoms with Gasteiger partial charge in [-0.05, 0) is 41.8 Å². The summed E-state index contributed by atoms with van der Waals surface area (Å²) >= 11 is 0. The van der Waals surface area contributed by atoms with Crippen LogP contribution >= 0.6 is 0 Å². The average molecular weight is 435 g/mol. The lowest BCUT2D eigenvalue weighted by molar-refractivity contribution is -0.132. The second-order valence-corrected chi connectivity index (χ2v) is 8.57. The molecule has 0 radical (unpaired) electrons. The van der Waals surface area contributed by atoms with Gasteiger partial charge in [0.05, 0.1) is 19.3 Å². The lowest BCUT2D eigenvalue weighted by atomic mass is 10.2. The van der Waals surface area contributed by atoms with E-state index in [0.717, 1.165) is 17.8 Å². The van der Waals surface area contributed by atoms with Crippen LogP contribution in [0.5, 0.6) is 0 Å². The van der Waals surface area contributed by atoms with Crippen molar-refractivity contribution in [2.45, 2.75) is 33.1 Å². The maximum absolute atomic E-state index is 13.1. The number of hydrogen-bond acceptors (Lipinski definition) is 6. The van der Waals surface area contributed by atoms with Gasteiger partial charge in [-0.25, -0.2) is 9.97 Å². The van der Waals surface area contributed by atoms with Gasteiger partial charge >= 0.3 is 0 Å². The van der Waals surface area contributed by atoms with E-state index in [1.54, 1.807) is 30.9 Å². The van der Waals surface area contributed by atoms with Crippen molar-refractivity contribution in [2.24, 2.45) is 5.92 Å². The van der Waals surface area contributed by atoms with Crippen molar-refractivity contribution in [2.75, 3.05) is 26.2 Å². The second kappa shape index (κ2) is 10.5. The van der Waals surface area contributed by atoms with Gasteiger partial charge in [0, 0.05) is 62.9 Å². The molecule has 32 heavy (non-hydrogen) atoms. The Hall–Kier alpha value is -3.10. The molecule has 0 N–H and O–H groups in total. The average Bonchev–Trinajstić information content (AvgIpc) is 3.20. The minimum absolute atomic E-state index is 0.0789. The first-order valence-electron chi connectivity index (χ1n) is 11.0. The molecule has 1 aliphatic rings. The van der Waals surface area contributed by atoms with E-state index in [1.807, 2.05) is 39.9 Å². The fourth-order valence-electron chi connectivity index (χ4n) is 3.97. The molecule has 3 aromatic rings. The summed E-state index contributed by atoms with van der Waals surface area (Å²) in [5.74, 6) is 1.17. The molecule has 3 aromatic heterocycles. The van der Waals surface area contributed by atoms with Crippen LogP contribution in [0.25, 0.3) is 5.95 Å². The van der Waals surface area contributed by atoms with Crippen molar-refractivity contribution in [1.82, 2.24) is 29.3 Å². The summed E-state index contributed by atoms with van der Waals surface area (Å²) in [5, 5.41) is 0. The molecule has 1 fully saturated rings. The summed E-state index contributed by atoms with van der Waals surface area (Å²) in [6.45, 7) is 7.75. The van der Waals surface area contributed by atoms with E-state index in [4.69, 9.17) is 4.74 Å². The molecule has 1 amide bonds. The van der Waals surface area contributed by atoms with Gasteiger partial charge in [0.25, 0.3) is 0 Å². The summed E-state index contributed by atoms with van der Waals surface area (Å²) in [5.41, 5.74) is 2.11. The molecule has 0 bridgehead atoms. The molecule has 0 aromatic carbocycles. The molecule has 8 heteroatoms. The SMILES string of the molecule is CC(C)CN1CC(OCc2ccncc2)CN(Cc2cccn2-c2ncccn2)CC1=O. The molecular weight excluding hydrogens is 404 g/mol. The van der Waals surface area contributed by atoms with Crippen molar-refractivity contribution in [3.8, 4) is 5.95 Å². The number of amides is 1. The Balaban J connectivity index is 1.50. The quantitative estimate of drug-likeness (QED) is 0.542. The van der Waals surface area contributed by atoms with Crippen LogP contribution in [0.15, 0.2) is 61.3 Å². The summed E-state index contributed by atoms with van der Waals surface area (Å²) in [6, 6.07) is 9.74. The number of pyridine rings is 1. The molecule has 1 aliphatic heterocycles. The normalized spacial score (nSPS) is 17.7. The number of carbonyl (C=O) groups excluding carboxylic acids is 1. The third kappa shape index (κ3) is 5.77. The van der Waals surface area contributed by atoms with Gasteiger partial charge in [-0.1, -0.05) is 13.8 Å². The van der Waals surface area contributed by atoms with Gasteiger partial charge in [-0.3, -0.25) is 19.2 Å². The fraction of sp³-hybridized carbons (Fsp3) is 0.417. The number of nitrogens with zero attached hydrogens (tertiary/aromatic N) is 6. The molecule has 0 aliphatic carbocycles. The van der Waals surface area contributed by atoms with Crippen molar-refractivity contribution in [3.05, 3.63) is 72.6 Å². The van der Waals surface area contributed by atoms with Crippen molar-refractivity contribution in [1.29, 1.82) is 0 Å². The Kier molecular flexibility index (Phi) is 7.24. The zero-order valence-corrected chi connectivity index (χ0v) is 18.7. The van der Waals surface area contributed by atoms with E-state index in [-0.39, 0.29) is 12.0 Å². The Morgan fingerprint density at radius 2 is 1.84 bits per heavy atom. The van der Waals surface area contributed by atoms with Crippen LogP contribution in [-0.2, 0) is 22.7 Å². The largest absolute Gasteiger partial charge is 0.370 e. The monoisotopic (exact) mass is 434 g/mol. The predicted octanol–water partition coefficient (Wildman–Crippen LogP) is 2.55. The molecule has 4 heterocycles. The molecule has 4 rings (SSSR count). The number of aromatic nitrogens is 4. The number of hydrogen-bond donors (Lipinski definition) is 0. The lowest BCUT2D eigenvalue weighted by Gasteiger charge is -2.26. The standard InChI is InChI=1S/C24H30N6O2/c1-19(2)13-29-16-22(32-18-20-6-10-25-11-7-20)15-28(17-23(29)31)14-21-5-3-12-30(21)24-26-8-4-9-27-24/h3-12,19,22H,13-18H2,1-2H3. The highest BCUT2D eigenvalue weighted by Crippen LogP contribution is 2.17. The Bertz CT molecular complexity index is 992. The second-order valence-electron chi connectivity index (χ2n) is 8.57. The predicted molar refractivity (Wildman–Crippen MR) is 121 cm³/mol. The Morgan fingerprint density at radius 1 is 1.06 bits per heavy atom. The van der Waals surface area contributed by atoms with Crippen LogP contribution in [-0.4, -0.2) is 67.5 Å². The summed E-state index contributed by atoms with van der Waals surface area (Å²) in [7, 11) is 0. The lowest BCUT2D eigenvalue weighted by Crippen LogP contribution is -2.40. The molecular formula is C24H30N6O2. The van der Waals surface area contributed by atoms with E-state index >= 15 is 0 Å². The minimum Gasteiger partial charge on any atom is -0.370 e. The molecule has 1 saturated heterocycles. The molecule has 168 valence electrons. The zero-order valence-electron chi connectivity index (χ0n) is 18.7. The topological polar surface area (TPSA) is 76.4 Å². The van der Waals surface area contributed by atoms with Crippen LogP contribution in [0, 0.1) is 5.92 Å². The van der Waals surface area contributed by atoms with Crippen LogP contribution in [0.4, 0.5) is 0 Å². The third-order valence-corrected chi connectivity index (χ3v) is 5.40. The first kappa shape index (κ1) is 22.1. The van der Waals surface area contributed by atoms with Crippen LogP contribution in [0.1, 0.15) is 25.1 Å². The number of carbonyl (C=O) groups is 1. The van der Waals surface area contributed by atoms with Gasteiger partial charge in [0.15, 0.2) is 0 Å². The van der Waals surface area contributed by atoms with E-state index in [9.17, 15) is 4.79 Å². The van der Waals surface area contributed by atoms with Crippen molar-refractivity contribution >= 4 is 5.91 Å². The van der Waals surface area contributed by atoms with Gasteiger partial charge in [-0.2, -0.15) is 0 Å². The molecule has 8 nitrogen and oxygen atoms in total. The first-order chi connectivity index (χ1) is 15.6. The molecule has 1 atom stereocenters. The molecule has 0 spiro atoms. The molecule has 1 unspecified atom stereocenters. The number of rotatable bonds is 8. The van der Waals surface area contributed by atoms with Crippen LogP contribution < -0.4 is 0 Å². The van der Waals surface area contributed by atoms with Crippen LogP contribution in [0.3, 0.4) is 0 Å². The van der Waals surface area contributed by atoms with Crippen molar-refractivity contribution < 1.29 is 9.53 Å². The van der Waals surface area contributed by atoms with Crippen molar-refractivity contribution in [3.63, 3.8) is 0 Å². The van der Waals surface area contributed by atoms with Crippen LogP contribution in [0.2, 0.25) is 0 Å². The highest BCUT2D eigenvalue weighted by molar-refractivity contribution is 5.78. The third-order valence-electron chi connectivity index (χ3n) is 5.40. The smallest absolute Gasteiger partial charge is 0.236 e. The highest BCUT2D eigenvalue weighted by atomic mass is 16.5. The summed E-state index contributed by atoms with van der Waals surface area (Å²) in [4.78, 5) is 29.9. The minimum atomic E-state index is -0.0789. The Morgan fingerprint density at radius 3 is 2.59 bits per heavy atom. The van der Waals surface area contributed by atoms with Gasteiger partial charge in [0.1, 0.15) is 0 Å². The van der Waals surface area contributed by atoms with Gasteiger partial charge < -0.3 is 9.64 Å². The summed E-state index contributed by atoms with van der Waals surface area (Å²) < 4.78 is 8.24. The zero-order chi connectivity index (χ0) is 22.3. The maximum Gasteiger partial charge on any atom is 0.236 e. The Labute approximate surface area is 188 Å². The first-order valence-corrected chi connectivity index (χ1v) is 11.0. The van der Waals surface area contributed by atoms with E-state index < -0.39 is 0 Å². The van der Waals surface area contributed by atoms with Gasteiger partial charge in [0.2, 0.25) is 11.9 Å². The molecule has 0 saturated carbocycles. The maximum atomic E-state index is 13.1. The van der Waals surface area contributed by atoms with E-state index in [1.165, 1.54) is 0 Å². The van der Waals surface area contributed by atoms with Gasteiger partial charge in [-0.15, -0.1) is 0 Å². The fourth-order valence-corrected chi connectivity index (χ4v) is 3.97. The number of ether oxygens (including phenoxy) is 1. The highest BCUT2D eigenvalue weighted by Gasteiger charge is 2.29.